The van der Waals surface area contributed by atoms with Gasteiger partial charge in [0.25, 0.3) is 11.4 Å². The van der Waals surface area contributed by atoms with Gasteiger partial charge in [0.1, 0.15) is 5.69 Å². The highest BCUT2D eigenvalue weighted by Gasteiger charge is 2.37. The van der Waals surface area contributed by atoms with Crippen LogP contribution >= 0.6 is 0 Å². The Bertz CT molecular complexity index is 518. The van der Waals surface area contributed by atoms with Crippen molar-refractivity contribution in [3.05, 3.63) is 38.4 Å². The minimum absolute atomic E-state index is 0.239. The molecular weight excluding hydrogens is 250 g/mol. The molecule has 1 aromatic rings. The lowest BCUT2D eigenvalue weighted by Gasteiger charge is -2.06. The number of nitrogens with one attached hydrogen (secondary N) is 1. The molecule has 7 heteroatoms. The van der Waals surface area contributed by atoms with E-state index in [1.54, 1.807) is 0 Å². The van der Waals surface area contributed by atoms with E-state index < -0.39 is 9.85 Å². The van der Waals surface area contributed by atoms with Crippen molar-refractivity contribution in [2.75, 3.05) is 5.32 Å². The van der Waals surface area contributed by atoms with Crippen molar-refractivity contribution in [1.82, 2.24) is 0 Å². The average molecular weight is 265 g/mol. The normalized spacial score (nSPS) is 20.9. The first kappa shape index (κ1) is 13.3. The summed E-state index contributed by atoms with van der Waals surface area (Å²) in [5, 5.41) is 24.7. The second-order valence-electron chi connectivity index (χ2n) is 4.75. The molecule has 1 aliphatic carbocycles. The summed E-state index contributed by atoms with van der Waals surface area (Å²) in [5.74, 6) is 0.555. The van der Waals surface area contributed by atoms with Gasteiger partial charge in [-0.1, -0.05) is 13.3 Å². The first-order chi connectivity index (χ1) is 9.02. The van der Waals surface area contributed by atoms with Crippen LogP contribution in [0.5, 0.6) is 0 Å². The molecule has 2 atom stereocenters. The summed E-state index contributed by atoms with van der Waals surface area (Å²) in [6.45, 7) is 2.10. The quantitative estimate of drug-likeness (QED) is 0.629. The van der Waals surface area contributed by atoms with Crippen LogP contribution in [0.15, 0.2) is 18.2 Å². The third-order valence-corrected chi connectivity index (χ3v) is 3.31. The van der Waals surface area contributed by atoms with Gasteiger partial charge in [0, 0.05) is 12.1 Å². The van der Waals surface area contributed by atoms with Crippen LogP contribution in [0.25, 0.3) is 0 Å². The number of nitro groups is 2. The molecule has 0 bridgehead atoms. The van der Waals surface area contributed by atoms with Crippen LogP contribution < -0.4 is 5.32 Å². The van der Waals surface area contributed by atoms with E-state index in [0.717, 1.165) is 25.3 Å². The van der Waals surface area contributed by atoms with Gasteiger partial charge in [-0.15, -0.1) is 0 Å². The molecule has 1 N–H and O–H groups in total. The molecule has 0 amide bonds. The zero-order valence-corrected chi connectivity index (χ0v) is 10.5. The Morgan fingerprint density at radius 1 is 1.32 bits per heavy atom. The zero-order chi connectivity index (χ0) is 14.0. The van der Waals surface area contributed by atoms with Crippen LogP contribution in [-0.2, 0) is 0 Å². The molecular formula is C12H15N3O4. The first-order valence-electron chi connectivity index (χ1n) is 6.22. The topological polar surface area (TPSA) is 98.3 Å². The number of benzene rings is 1. The van der Waals surface area contributed by atoms with Crippen molar-refractivity contribution >= 4 is 17.1 Å². The molecule has 1 fully saturated rings. The molecule has 2 unspecified atom stereocenters. The lowest BCUT2D eigenvalue weighted by molar-refractivity contribution is -0.393. The summed E-state index contributed by atoms with van der Waals surface area (Å²) >= 11 is 0. The number of nitrogens with zero attached hydrogens (tertiary/aromatic N) is 2. The highest BCUT2D eigenvalue weighted by atomic mass is 16.6. The standard InChI is InChI=1S/C12H15N3O4/c1-2-3-8-6-11(8)13-10-5-4-9(14(16)17)7-12(10)15(18)19/h4-5,7-8,11,13H,2-3,6H2,1H3. The molecule has 0 saturated heterocycles. The van der Waals surface area contributed by atoms with Crippen molar-refractivity contribution < 1.29 is 9.85 Å². The van der Waals surface area contributed by atoms with E-state index in [2.05, 4.69) is 12.2 Å². The minimum Gasteiger partial charge on any atom is -0.376 e. The minimum atomic E-state index is -0.631. The Hall–Kier alpha value is -2.18. The Kier molecular flexibility index (Phi) is 3.64. The number of hydrogen-bond acceptors (Lipinski definition) is 5. The van der Waals surface area contributed by atoms with Gasteiger partial charge in [0.15, 0.2) is 0 Å². The van der Waals surface area contributed by atoms with Gasteiger partial charge in [0.2, 0.25) is 0 Å². The van der Waals surface area contributed by atoms with Crippen molar-refractivity contribution in [3.63, 3.8) is 0 Å². The van der Waals surface area contributed by atoms with Crippen molar-refractivity contribution in [1.29, 1.82) is 0 Å². The number of nitro benzene ring substituents is 2. The molecule has 1 saturated carbocycles. The Morgan fingerprint density at radius 3 is 2.63 bits per heavy atom. The molecule has 0 aromatic heterocycles. The smallest absolute Gasteiger partial charge is 0.299 e. The Balaban J connectivity index is 2.16. The predicted octanol–water partition coefficient (Wildman–Crippen LogP) is 3.10. The fourth-order valence-corrected chi connectivity index (χ4v) is 2.22. The number of anilines is 1. The highest BCUT2D eigenvalue weighted by molar-refractivity contribution is 5.66. The van der Waals surface area contributed by atoms with Crippen molar-refractivity contribution in [2.45, 2.75) is 32.2 Å². The van der Waals surface area contributed by atoms with Crippen molar-refractivity contribution in [2.24, 2.45) is 5.92 Å². The second kappa shape index (κ2) is 5.21. The van der Waals surface area contributed by atoms with Crippen LogP contribution in [0.3, 0.4) is 0 Å². The second-order valence-corrected chi connectivity index (χ2v) is 4.75. The largest absolute Gasteiger partial charge is 0.376 e. The molecule has 1 aromatic carbocycles. The maximum Gasteiger partial charge on any atom is 0.299 e. The molecule has 0 heterocycles. The lowest BCUT2D eigenvalue weighted by Crippen LogP contribution is -2.07. The van der Waals surface area contributed by atoms with Gasteiger partial charge in [-0.3, -0.25) is 20.2 Å². The predicted molar refractivity (Wildman–Crippen MR) is 70.2 cm³/mol. The number of hydrogen-bond donors (Lipinski definition) is 1. The van der Waals surface area contributed by atoms with Crippen LogP contribution in [0.1, 0.15) is 26.2 Å². The van der Waals surface area contributed by atoms with Gasteiger partial charge in [0.05, 0.1) is 15.9 Å². The van der Waals surface area contributed by atoms with Crippen LogP contribution in [0.2, 0.25) is 0 Å². The van der Waals surface area contributed by atoms with Crippen LogP contribution in [0, 0.1) is 26.1 Å². The summed E-state index contributed by atoms with van der Waals surface area (Å²) in [5.41, 5.74) is -0.145. The summed E-state index contributed by atoms with van der Waals surface area (Å²) in [6, 6.07) is 3.95. The maximum atomic E-state index is 10.9. The Labute approximate surface area is 109 Å². The van der Waals surface area contributed by atoms with Gasteiger partial charge in [-0.05, 0) is 24.8 Å². The first-order valence-corrected chi connectivity index (χ1v) is 6.22. The molecule has 102 valence electrons. The van der Waals surface area contributed by atoms with Gasteiger partial charge in [-0.2, -0.15) is 0 Å². The van der Waals surface area contributed by atoms with Crippen molar-refractivity contribution in [3.8, 4) is 0 Å². The monoisotopic (exact) mass is 265 g/mol. The van der Waals surface area contributed by atoms with E-state index in [1.165, 1.54) is 12.1 Å². The third kappa shape index (κ3) is 2.98. The fourth-order valence-electron chi connectivity index (χ4n) is 2.22. The number of non-ortho nitro benzene ring substituents is 1. The van der Waals surface area contributed by atoms with Crippen LogP contribution in [0.4, 0.5) is 17.1 Å². The van der Waals surface area contributed by atoms with E-state index in [-0.39, 0.29) is 17.4 Å². The molecule has 0 aliphatic heterocycles. The molecule has 19 heavy (non-hydrogen) atoms. The lowest BCUT2D eigenvalue weighted by atomic mass is 10.2. The zero-order valence-electron chi connectivity index (χ0n) is 10.5. The summed E-state index contributed by atoms with van der Waals surface area (Å²) < 4.78 is 0. The Morgan fingerprint density at radius 2 is 2.05 bits per heavy atom. The highest BCUT2D eigenvalue weighted by Crippen LogP contribution is 2.39. The fraction of sp³-hybridized carbons (Fsp3) is 0.500. The molecule has 0 radical (unpaired) electrons. The van der Waals surface area contributed by atoms with Gasteiger partial charge in [-0.25, -0.2) is 0 Å². The number of rotatable bonds is 6. The maximum absolute atomic E-state index is 10.9. The summed E-state index contributed by atoms with van der Waals surface area (Å²) in [6.07, 6.45) is 3.19. The van der Waals surface area contributed by atoms with E-state index in [0.29, 0.717) is 11.6 Å². The van der Waals surface area contributed by atoms with E-state index in [1.807, 2.05) is 0 Å². The van der Waals surface area contributed by atoms with E-state index in [9.17, 15) is 20.2 Å². The van der Waals surface area contributed by atoms with Gasteiger partial charge >= 0.3 is 0 Å². The third-order valence-electron chi connectivity index (χ3n) is 3.31. The molecule has 7 nitrogen and oxygen atoms in total. The summed E-state index contributed by atoms with van der Waals surface area (Å²) in [4.78, 5) is 20.3. The van der Waals surface area contributed by atoms with Gasteiger partial charge < -0.3 is 5.32 Å². The van der Waals surface area contributed by atoms with E-state index >= 15 is 0 Å². The molecule has 0 spiro atoms. The SMILES string of the molecule is CCCC1CC1Nc1ccc([N+](=O)[O-])cc1[N+](=O)[O-]. The van der Waals surface area contributed by atoms with Crippen LogP contribution in [-0.4, -0.2) is 15.9 Å². The average Bonchev–Trinajstić information content (AvgIpc) is 3.07. The van der Waals surface area contributed by atoms with E-state index in [4.69, 9.17) is 0 Å². The molecule has 1 aliphatic rings. The molecule has 2 rings (SSSR count). The summed E-state index contributed by atoms with van der Waals surface area (Å²) in [7, 11) is 0.